The summed E-state index contributed by atoms with van der Waals surface area (Å²) in [6, 6.07) is 8.72. The SMILES string of the molecule is N=C(N)c1c(F)cccc1NC(=O)Nc1ccccc1F. The number of carbonyl (C=O) groups excluding carboxylic acids is 1. The minimum absolute atomic E-state index is 0.0178. The molecule has 2 aromatic carbocycles. The van der Waals surface area contributed by atoms with Gasteiger partial charge in [-0.05, 0) is 24.3 Å². The summed E-state index contributed by atoms with van der Waals surface area (Å²) in [6.45, 7) is 0. The topological polar surface area (TPSA) is 91.0 Å². The Labute approximate surface area is 119 Å². The maximum absolute atomic E-state index is 13.6. The summed E-state index contributed by atoms with van der Waals surface area (Å²) < 4.78 is 27.0. The van der Waals surface area contributed by atoms with Crippen LogP contribution in [0.3, 0.4) is 0 Å². The van der Waals surface area contributed by atoms with Crippen LogP contribution >= 0.6 is 0 Å². The normalized spacial score (nSPS) is 10.0. The minimum atomic E-state index is -0.770. The standard InChI is InChI=1S/C14H12F2N4O/c15-8-4-1-2-6-10(8)19-14(21)20-11-7-3-5-9(16)12(11)13(17)18/h1-7H,(H3,17,18)(H2,19,20,21). The number of nitrogen functional groups attached to an aromatic ring is 1. The van der Waals surface area contributed by atoms with Gasteiger partial charge in [0.2, 0.25) is 0 Å². The third kappa shape index (κ3) is 3.33. The van der Waals surface area contributed by atoms with Gasteiger partial charge < -0.3 is 16.4 Å². The van der Waals surface area contributed by atoms with Gasteiger partial charge in [-0.25, -0.2) is 13.6 Å². The van der Waals surface area contributed by atoms with Gasteiger partial charge in [-0.3, -0.25) is 5.41 Å². The van der Waals surface area contributed by atoms with Crippen LogP contribution in [0.15, 0.2) is 42.5 Å². The first-order valence-electron chi connectivity index (χ1n) is 5.94. The molecule has 0 saturated carbocycles. The molecule has 0 aliphatic heterocycles. The number of amidine groups is 1. The van der Waals surface area contributed by atoms with E-state index in [-0.39, 0.29) is 16.9 Å². The van der Waals surface area contributed by atoms with Gasteiger partial charge in [0.1, 0.15) is 17.5 Å². The molecule has 0 atom stereocenters. The lowest BCUT2D eigenvalue weighted by Crippen LogP contribution is -2.23. The Morgan fingerprint density at radius 3 is 2.19 bits per heavy atom. The number of hydrogen-bond acceptors (Lipinski definition) is 2. The smallest absolute Gasteiger partial charge is 0.323 e. The summed E-state index contributed by atoms with van der Waals surface area (Å²) in [4.78, 5) is 11.8. The number of anilines is 2. The van der Waals surface area contributed by atoms with E-state index in [4.69, 9.17) is 11.1 Å². The van der Waals surface area contributed by atoms with Crippen LogP contribution in [0.5, 0.6) is 0 Å². The van der Waals surface area contributed by atoms with E-state index in [1.54, 1.807) is 6.07 Å². The van der Waals surface area contributed by atoms with Crippen molar-refractivity contribution in [3.05, 3.63) is 59.7 Å². The Hall–Kier alpha value is -2.96. The van der Waals surface area contributed by atoms with Gasteiger partial charge in [0.15, 0.2) is 0 Å². The molecular weight excluding hydrogens is 278 g/mol. The summed E-state index contributed by atoms with van der Waals surface area (Å²) in [7, 11) is 0. The summed E-state index contributed by atoms with van der Waals surface area (Å²) in [5, 5.41) is 11.9. The Balaban J connectivity index is 2.19. The number of halogens is 2. The highest BCUT2D eigenvalue weighted by atomic mass is 19.1. The monoisotopic (exact) mass is 290 g/mol. The molecule has 21 heavy (non-hydrogen) atoms. The molecule has 0 fully saturated rings. The van der Waals surface area contributed by atoms with Crippen LogP contribution in [0.2, 0.25) is 0 Å². The number of rotatable bonds is 3. The summed E-state index contributed by atoms with van der Waals surface area (Å²) in [5.74, 6) is -1.85. The molecule has 0 bridgehead atoms. The van der Waals surface area contributed by atoms with Gasteiger partial charge in [-0.1, -0.05) is 18.2 Å². The van der Waals surface area contributed by atoms with Gasteiger partial charge in [0.05, 0.1) is 16.9 Å². The number of carbonyl (C=O) groups is 1. The van der Waals surface area contributed by atoms with Gasteiger partial charge in [-0.2, -0.15) is 0 Å². The zero-order valence-electron chi connectivity index (χ0n) is 10.8. The average molecular weight is 290 g/mol. The first-order chi connectivity index (χ1) is 9.99. The van der Waals surface area contributed by atoms with Crippen LogP contribution in [0, 0.1) is 17.0 Å². The maximum atomic E-state index is 13.6. The van der Waals surface area contributed by atoms with Crippen molar-refractivity contribution in [1.29, 1.82) is 5.41 Å². The molecule has 7 heteroatoms. The number of para-hydroxylation sites is 1. The summed E-state index contributed by atoms with van der Waals surface area (Å²) >= 11 is 0. The number of urea groups is 1. The largest absolute Gasteiger partial charge is 0.384 e. The Morgan fingerprint density at radius 2 is 1.52 bits per heavy atom. The molecule has 0 unspecified atom stereocenters. The van der Waals surface area contributed by atoms with Gasteiger partial charge in [-0.15, -0.1) is 0 Å². The molecular formula is C14H12F2N4O. The predicted octanol–water partition coefficient (Wildman–Crippen LogP) is 2.89. The maximum Gasteiger partial charge on any atom is 0.323 e. The molecule has 2 rings (SSSR count). The molecule has 0 saturated heterocycles. The Kier molecular flexibility index (Phi) is 4.13. The van der Waals surface area contributed by atoms with Gasteiger partial charge in [0.25, 0.3) is 0 Å². The van der Waals surface area contributed by atoms with Crippen LogP contribution in [0.1, 0.15) is 5.56 Å². The fourth-order valence-corrected chi connectivity index (χ4v) is 1.74. The molecule has 0 aromatic heterocycles. The molecule has 2 aromatic rings. The first kappa shape index (κ1) is 14.4. The quantitative estimate of drug-likeness (QED) is 0.517. The van der Waals surface area contributed by atoms with Crippen molar-refractivity contribution in [3.8, 4) is 0 Å². The highest BCUT2D eigenvalue weighted by molar-refractivity contribution is 6.07. The number of nitrogens with one attached hydrogen (secondary N) is 3. The highest BCUT2D eigenvalue weighted by Crippen LogP contribution is 2.19. The van der Waals surface area contributed by atoms with Crippen LogP contribution < -0.4 is 16.4 Å². The van der Waals surface area contributed by atoms with E-state index in [0.717, 1.165) is 6.07 Å². The second-order valence-corrected chi connectivity index (χ2v) is 4.14. The molecule has 0 heterocycles. The molecule has 0 radical (unpaired) electrons. The molecule has 0 aliphatic carbocycles. The lowest BCUT2D eigenvalue weighted by molar-refractivity contribution is 0.262. The van der Waals surface area contributed by atoms with Crippen LogP contribution in [0.4, 0.5) is 25.0 Å². The van der Waals surface area contributed by atoms with E-state index in [1.165, 1.54) is 30.3 Å². The lowest BCUT2D eigenvalue weighted by Gasteiger charge is -2.12. The van der Waals surface area contributed by atoms with Crippen molar-refractivity contribution in [2.24, 2.45) is 5.73 Å². The van der Waals surface area contributed by atoms with E-state index in [9.17, 15) is 13.6 Å². The Bertz CT molecular complexity index is 703. The van der Waals surface area contributed by atoms with E-state index >= 15 is 0 Å². The van der Waals surface area contributed by atoms with Crippen molar-refractivity contribution in [3.63, 3.8) is 0 Å². The van der Waals surface area contributed by atoms with E-state index in [0.29, 0.717) is 0 Å². The van der Waals surface area contributed by atoms with Gasteiger partial charge in [0, 0.05) is 0 Å². The van der Waals surface area contributed by atoms with Crippen molar-refractivity contribution in [2.45, 2.75) is 0 Å². The first-order valence-corrected chi connectivity index (χ1v) is 5.94. The molecule has 5 nitrogen and oxygen atoms in total. The van der Waals surface area contributed by atoms with E-state index in [2.05, 4.69) is 10.6 Å². The van der Waals surface area contributed by atoms with Crippen molar-refractivity contribution in [2.75, 3.05) is 10.6 Å². The summed E-state index contributed by atoms with van der Waals surface area (Å²) in [6.07, 6.45) is 0. The Morgan fingerprint density at radius 1 is 0.952 bits per heavy atom. The van der Waals surface area contributed by atoms with Crippen LogP contribution in [0.25, 0.3) is 0 Å². The number of benzene rings is 2. The lowest BCUT2D eigenvalue weighted by atomic mass is 10.1. The third-order valence-electron chi connectivity index (χ3n) is 2.65. The second kappa shape index (κ2) is 6.00. The van der Waals surface area contributed by atoms with Crippen molar-refractivity contribution >= 4 is 23.2 Å². The van der Waals surface area contributed by atoms with Crippen LogP contribution in [-0.2, 0) is 0 Å². The number of nitrogens with two attached hydrogens (primary N) is 1. The number of amides is 2. The fourth-order valence-electron chi connectivity index (χ4n) is 1.74. The number of hydrogen-bond donors (Lipinski definition) is 4. The predicted molar refractivity (Wildman–Crippen MR) is 76.5 cm³/mol. The van der Waals surface area contributed by atoms with Crippen molar-refractivity contribution < 1.29 is 13.6 Å². The zero-order valence-corrected chi connectivity index (χ0v) is 10.8. The molecule has 0 spiro atoms. The molecule has 5 N–H and O–H groups in total. The summed E-state index contributed by atoms with van der Waals surface area (Å²) in [5.41, 5.74) is 5.06. The second-order valence-electron chi connectivity index (χ2n) is 4.14. The zero-order chi connectivity index (χ0) is 15.4. The fraction of sp³-hybridized carbons (Fsp3) is 0. The van der Waals surface area contributed by atoms with E-state index < -0.39 is 23.5 Å². The van der Waals surface area contributed by atoms with Crippen molar-refractivity contribution in [1.82, 2.24) is 0 Å². The molecule has 2 amide bonds. The van der Waals surface area contributed by atoms with Gasteiger partial charge >= 0.3 is 6.03 Å². The highest BCUT2D eigenvalue weighted by Gasteiger charge is 2.14. The molecule has 108 valence electrons. The average Bonchev–Trinajstić information content (AvgIpc) is 2.41. The minimum Gasteiger partial charge on any atom is -0.384 e. The third-order valence-corrected chi connectivity index (χ3v) is 2.65. The molecule has 0 aliphatic rings. The van der Waals surface area contributed by atoms with E-state index in [1.807, 2.05) is 0 Å². The van der Waals surface area contributed by atoms with Crippen LogP contribution in [-0.4, -0.2) is 11.9 Å².